The van der Waals surface area contributed by atoms with Gasteiger partial charge in [-0.3, -0.25) is 4.90 Å². The summed E-state index contributed by atoms with van der Waals surface area (Å²) in [5.41, 5.74) is 6.56. The van der Waals surface area contributed by atoms with E-state index in [0.717, 1.165) is 30.3 Å². The van der Waals surface area contributed by atoms with E-state index in [1.807, 2.05) is 0 Å². The summed E-state index contributed by atoms with van der Waals surface area (Å²) in [6.45, 7) is 13.1. The van der Waals surface area contributed by atoms with Gasteiger partial charge in [-0.15, -0.1) is 0 Å². The summed E-state index contributed by atoms with van der Waals surface area (Å²) >= 11 is 0. The van der Waals surface area contributed by atoms with Crippen LogP contribution in [-0.2, 0) is 0 Å². The van der Waals surface area contributed by atoms with Crippen molar-refractivity contribution >= 4 is 0 Å². The SMILES string of the molecule is CCCN(CC1CC1)C1CC(C(C)(C)C)CCC1CN. The molecule has 2 N–H and O–H groups in total. The Morgan fingerprint density at radius 3 is 2.30 bits per heavy atom. The average Bonchev–Trinajstić information content (AvgIpc) is 3.20. The standard InChI is InChI=1S/C18H36N2/c1-5-10-20(13-14-6-7-14)17-11-16(18(2,3)4)9-8-15(17)12-19/h14-17H,5-13,19H2,1-4H3. The first-order valence-electron chi connectivity index (χ1n) is 8.89. The van der Waals surface area contributed by atoms with Gasteiger partial charge in [0, 0.05) is 12.6 Å². The topological polar surface area (TPSA) is 29.3 Å². The maximum absolute atomic E-state index is 6.10. The normalized spacial score (nSPS) is 31.8. The zero-order valence-electron chi connectivity index (χ0n) is 14.2. The second-order valence-electron chi connectivity index (χ2n) is 8.38. The van der Waals surface area contributed by atoms with Gasteiger partial charge in [0.2, 0.25) is 0 Å². The zero-order valence-corrected chi connectivity index (χ0v) is 14.2. The van der Waals surface area contributed by atoms with E-state index in [9.17, 15) is 0 Å². The molecule has 0 radical (unpaired) electrons. The van der Waals surface area contributed by atoms with Gasteiger partial charge in [-0.2, -0.15) is 0 Å². The lowest BCUT2D eigenvalue weighted by atomic mass is 9.67. The van der Waals surface area contributed by atoms with Gasteiger partial charge in [-0.25, -0.2) is 0 Å². The Kier molecular flexibility index (Phi) is 5.53. The van der Waals surface area contributed by atoms with Crippen LogP contribution in [0.2, 0.25) is 0 Å². The van der Waals surface area contributed by atoms with Crippen LogP contribution in [0.3, 0.4) is 0 Å². The van der Waals surface area contributed by atoms with Gasteiger partial charge in [0.15, 0.2) is 0 Å². The Labute approximate surface area is 126 Å². The molecule has 0 aliphatic heterocycles. The van der Waals surface area contributed by atoms with Gasteiger partial charge >= 0.3 is 0 Å². The first-order valence-corrected chi connectivity index (χ1v) is 8.89. The van der Waals surface area contributed by atoms with E-state index in [1.165, 1.54) is 51.6 Å². The van der Waals surface area contributed by atoms with Crippen molar-refractivity contribution in [2.75, 3.05) is 19.6 Å². The molecule has 0 saturated heterocycles. The molecule has 0 amide bonds. The summed E-state index contributed by atoms with van der Waals surface area (Å²) in [5, 5.41) is 0. The number of nitrogens with zero attached hydrogens (tertiary/aromatic N) is 1. The van der Waals surface area contributed by atoms with Gasteiger partial charge in [0.1, 0.15) is 0 Å². The second-order valence-corrected chi connectivity index (χ2v) is 8.38. The highest BCUT2D eigenvalue weighted by atomic mass is 15.2. The summed E-state index contributed by atoms with van der Waals surface area (Å²) in [7, 11) is 0. The molecule has 2 rings (SSSR count). The molecule has 20 heavy (non-hydrogen) atoms. The van der Waals surface area contributed by atoms with Crippen molar-refractivity contribution in [3.8, 4) is 0 Å². The number of hydrogen-bond donors (Lipinski definition) is 1. The molecule has 0 aromatic rings. The first kappa shape index (κ1) is 16.3. The van der Waals surface area contributed by atoms with Crippen molar-refractivity contribution in [3.63, 3.8) is 0 Å². The summed E-state index contributed by atoms with van der Waals surface area (Å²) < 4.78 is 0. The minimum absolute atomic E-state index is 0.454. The molecule has 3 unspecified atom stereocenters. The molecular formula is C18H36N2. The Morgan fingerprint density at radius 2 is 1.80 bits per heavy atom. The van der Waals surface area contributed by atoms with E-state index in [2.05, 4.69) is 32.6 Å². The van der Waals surface area contributed by atoms with Crippen molar-refractivity contribution in [1.29, 1.82) is 0 Å². The van der Waals surface area contributed by atoms with E-state index in [0.29, 0.717) is 5.41 Å². The van der Waals surface area contributed by atoms with Gasteiger partial charge in [0.05, 0.1) is 0 Å². The number of hydrogen-bond acceptors (Lipinski definition) is 2. The van der Waals surface area contributed by atoms with Crippen molar-refractivity contribution in [3.05, 3.63) is 0 Å². The van der Waals surface area contributed by atoms with Gasteiger partial charge < -0.3 is 5.73 Å². The quantitative estimate of drug-likeness (QED) is 0.799. The predicted molar refractivity (Wildman–Crippen MR) is 87.7 cm³/mol. The third-order valence-electron chi connectivity index (χ3n) is 5.65. The summed E-state index contributed by atoms with van der Waals surface area (Å²) in [5.74, 6) is 2.60. The minimum Gasteiger partial charge on any atom is -0.330 e. The van der Waals surface area contributed by atoms with Crippen LogP contribution in [-0.4, -0.2) is 30.6 Å². The Bertz CT molecular complexity index is 290. The molecule has 2 saturated carbocycles. The van der Waals surface area contributed by atoms with Crippen LogP contribution in [0.5, 0.6) is 0 Å². The fourth-order valence-corrected chi connectivity index (χ4v) is 4.03. The summed E-state index contributed by atoms with van der Waals surface area (Å²) in [4.78, 5) is 2.81. The van der Waals surface area contributed by atoms with Crippen LogP contribution in [0.1, 0.15) is 66.2 Å². The monoisotopic (exact) mass is 280 g/mol. The number of rotatable bonds is 6. The molecule has 0 aromatic heterocycles. The molecule has 2 aliphatic rings. The lowest BCUT2D eigenvalue weighted by Gasteiger charge is -2.46. The molecule has 2 heteroatoms. The molecule has 0 heterocycles. The van der Waals surface area contributed by atoms with Crippen molar-refractivity contribution in [1.82, 2.24) is 4.90 Å². The molecule has 0 bridgehead atoms. The van der Waals surface area contributed by atoms with Crippen LogP contribution in [0.4, 0.5) is 0 Å². The van der Waals surface area contributed by atoms with Crippen molar-refractivity contribution < 1.29 is 0 Å². The Balaban J connectivity index is 2.04. The van der Waals surface area contributed by atoms with Crippen molar-refractivity contribution in [2.45, 2.75) is 72.3 Å². The third kappa shape index (κ3) is 4.21. The minimum atomic E-state index is 0.454. The van der Waals surface area contributed by atoms with Crippen molar-refractivity contribution in [2.24, 2.45) is 28.9 Å². The maximum atomic E-state index is 6.10. The highest BCUT2D eigenvalue weighted by Crippen LogP contribution is 2.42. The molecule has 118 valence electrons. The Hall–Kier alpha value is -0.0800. The largest absolute Gasteiger partial charge is 0.330 e. The molecular weight excluding hydrogens is 244 g/mol. The van der Waals surface area contributed by atoms with Crippen LogP contribution < -0.4 is 5.73 Å². The second kappa shape index (κ2) is 6.79. The molecule has 3 atom stereocenters. The number of nitrogens with two attached hydrogens (primary N) is 1. The molecule has 2 aliphatic carbocycles. The van der Waals surface area contributed by atoms with E-state index in [1.54, 1.807) is 0 Å². The van der Waals surface area contributed by atoms with Crippen LogP contribution in [0.15, 0.2) is 0 Å². The van der Waals surface area contributed by atoms with Gasteiger partial charge in [-0.05, 0) is 74.8 Å². The molecule has 0 aromatic carbocycles. The van der Waals surface area contributed by atoms with Crippen LogP contribution in [0.25, 0.3) is 0 Å². The summed E-state index contributed by atoms with van der Waals surface area (Å²) in [6, 6.07) is 0.749. The van der Waals surface area contributed by atoms with E-state index >= 15 is 0 Å². The van der Waals surface area contributed by atoms with Crippen LogP contribution >= 0.6 is 0 Å². The smallest absolute Gasteiger partial charge is 0.0138 e. The molecule has 2 fully saturated rings. The maximum Gasteiger partial charge on any atom is 0.0138 e. The average molecular weight is 280 g/mol. The van der Waals surface area contributed by atoms with Gasteiger partial charge in [-0.1, -0.05) is 27.7 Å². The van der Waals surface area contributed by atoms with E-state index in [-0.39, 0.29) is 0 Å². The molecule has 2 nitrogen and oxygen atoms in total. The molecule has 0 spiro atoms. The van der Waals surface area contributed by atoms with Crippen LogP contribution in [0, 0.1) is 23.2 Å². The highest BCUT2D eigenvalue weighted by molar-refractivity contribution is 4.92. The Morgan fingerprint density at radius 1 is 1.10 bits per heavy atom. The zero-order chi connectivity index (χ0) is 14.8. The lowest BCUT2D eigenvalue weighted by Crippen LogP contribution is -2.49. The predicted octanol–water partition coefficient (Wildman–Crippen LogP) is 3.90. The summed E-state index contributed by atoms with van der Waals surface area (Å²) in [6.07, 6.45) is 8.30. The fraction of sp³-hybridized carbons (Fsp3) is 1.00. The van der Waals surface area contributed by atoms with Gasteiger partial charge in [0.25, 0.3) is 0 Å². The van der Waals surface area contributed by atoms with E-state index in [4.69, 9.17) is 5.73 Å². The van der Waals surface area contributed by atoms with E-state index < -0.39 is 0 Å². The third-order valence-corrected chi connectivity index (χ3v) is 5.65. The first-order chi connectivity index (χ1) is 9.45. The lowest BCUT2D eigenvalue weighted by molar-refractivity contribution is 0.0423. The highest BCUT2D eigenvalue weighted by Gasteiger charge is 2.39. The fourth-order valence-electron chi connectivity index (χ4n) is 4.03.